The molecule has 6 heteroatoms. The first-order valence-corrected chi connectivity index (χ1v) is 9.06. The molecule has 0 bridgehead atoms. The minimum absolute atomic E-state index is 0.0919. The molecule has 0 aromatic heterocycles. The Balaban J connectivity index is 1.79. The monoisotopic (exact) mass is 396 g/mol. The minimum atomic E-state index is -0.820. The van der Waals surface area contributed by atoms with Crippen LogP contribution < -0.4 is 10.6 Å². The third-order valence-electron chi connectivity index (χ3n) is 4.13. The number of hydrogen-bond acceptors (Lipinski definition) is 2. The molecule has 2 N–H and O–H groups in total. The molecule has 0 aliphatic carbocycles. The molecule has 0 aliphatic rings. The van der Waals surface area contributed by atoms with Crippen LogP contribution in [0.1, 0.15) is 15.9 Å². The van der Waals surface area contributed by atoms with Crippen LogP contribution in [-0.2, 0) is 11.2 Å². The Morgan fingerprint density at radius 1 is 0.929 bits per heavy atom. The van der Waals surface area contributed by atoms with E-state index in [1.165, 1.54) is 18.2 Å². The second kappa shape index (κ2) is 9.15. The fraction of sp³-hybridized carbons (Fsp3) is 0.0909. The van der Waals surface area contributed by atoms with Crippen LogP contribution in [0.3, 0.4) is 0 Å². The van der Waals surface area contributed by atoms with Gasteiger partial charge in [0.2, 0.25) is 5.91 Å². The number of amides is 2. The van der Waals surface area contributed by atoms with E-state index in [-0.39, 0.29) is 10.9 Å². The number of hydrogen-bond donors (Lipinski definition) is 2. The summed E-state index contributed by atoms with van der Waals surface area (Å²) in [5.74, 6) is -1.34. The Labute approximate surface area is 167 Å². The van der Waals surface area contributed by atoms with Gasteiger partial charge in [-0.15, -0.1) is 0 Å². The van der Waals surface area contributed by atoms with E-state index in [1.807, 2.05) is 36.4 Å². The minimum Gasteiger partial charge on any atom is -0.340 e. The van der Waals surface area contributed by atoms with Gasteiger partial charge in [-0.05, 0) is 35.9 Å². The Morgan fingerprint density at radius 3 is 2.21 bits per heavy atom. The summed E-state index contributed by atoms with van der Waals surface area (Å²) in [5, 5.41) is 5.36. The molecule has 3 aromatic rings. The SMILES string of the molecule is O=C(N[C@H](Cc1ccccc1)C(=O)Nc1ccc(F)c(Cl)c1)c1ccccc1. The van der Waals surface area contributed by atoms with Gasteiger partial charge in [0, 0.05) is 17.7 Å². The number of carbonyl (C=O) groups is 2. The van der Waals surface area contributed by atoms with E-state index < -0.39 is 17.8 Å². The van der Waals surface area contributed by atoms with Crippen molar-refractivity contribution in [1.82, 2.24) is 5.32 Å². The highest BCUT2D eigenvalue weighted by atomic mass is 35.5. The van der Waals surface area contributed by atoms with E-state index in [1.54, 1.807) is 24.3 Å². The molecule has 0 saturated carbocycles. The second-order valence-corrected chi connectivity index (χ2v) is 6.61. The lowest BCUT2D eigenvalue weighted by Gasteiger charge is -2.19. The Kier molecular flexibility index (Phi) is 6.40. The van der Waals surface area contributed by atoms with Gasteiger partial charge in [-0.1, -0.05) is 60.1 Å². The highest BCUT2D eigenvalue weighted by molar-refractivity contribution is 6.31. The Hall–Kier alpha value is -3.18. The van der Waals surface area contributed by atoms with Crippen LogP contribution in [-0.4, -0.2) is 17.9 Å². The van der Waals surface area contributed by atoms with Crippen LogP contribution >= 0.6 is 11.6 Å². The zero-order valence-electron chi connectivity index (χ0n) is 14.9. The number of carbonyl (C=O) groups excluding carboxylic acids is 2. The highest BCUT2D eigenvalue weighted by Crippen LogP contribution is 2.19. The summed E-state index contributed by atoms with van der Waals surface area (Å²) >= 11 is 5.77. The van der Waals surface area contributed by atoms with Gasteiger partial charge >= 0.3 is 0 Å². The van der Waals surface area contributed by atoms with Crippen LogP contribution in [0.15, 0.2) is 78.9 Å². The third kappa shape index (κ3) is 5.18. The number of rotatable bonds is 6. The molecule has 2 amide bonds. The number of anilines is 1. The van der Waals surface area contributed by atoms with Crippen molar-refractivity contribution in [3.05, 3.63) is 101 Å². The third-order valence-corrected chi connectivity index (χ3v) is 4.42. The summed E-state index contributed by atoms with van der Waals surface area (Å²) in [6, 6.07) is 21.1. The molecule has 0 spiro atoms. The molecule has 142 valence electrons. The topological polar surface area (TPSA) is 58.2 Å². The lowest BCUT2D eigenvalue weighted by atomic mass is 10.0. The average Bonchev–Trinajstić information content (AvgIpc) is 2.71. The fourth-order valence-corrected chi connectivity index (χ4v) is 2.87. The first-order chi connectivity index (χ1) is 13.5. The normalized spacial score (nSPS) is 11.5. The molecular weight excluding hydrogens is 379 g/mol. The van der Waals surface area contributed by atoms with Gasteiger partial charge in [0.1, 0.15) is 11.9 Å². The van der Waals surface area contributed by atoms with E-state index in [0.29, 0.717) is 17.7 Å². The van der Waals surface area contributed by atoms with Crippen molar-refractivity contribution in [2.45, 2.75) is 12.5 Å². The molecule has 0 aliphatic heterocycles. The molecule has 0 fully saturated rings. The van der Waals surface area contributed by atoms with Crippen LogP contribution in [0.25, 0.3) is 0 Å². The van der Waals surface area contributed by atoms with Gasteiger partial charge in [0.05, 0.1) is 5.02 Å². The van der Waals surface area contributed by atoms with E-state index in [4.69, 9.17) is 11.6 Å². The van der Waals surface area contributed by atoms with Crippen LogP contribution in [0.5, 0.6) is 0 Å². The van der Waals surface area contributed by atoms with Crippen molar-refractivity contribution < 1.29 is 14.0 Å². The zero-order chi connectivity index (χ0) is 19.9. The van der Waals surface area contributed by atoms with E-state index in [9.17, 15) is 14.0 Å². The van der Waals surface area contributed by atoms with Crippen molar-refractivity contribution in [2.24, 2.45) is 0 Å². The molecule has 0 heterocycles. The zero-order valence-corrected chi connectivity index (χ0v) is 15.6. The van der Waals surface area contributed by atoms with E-state index in [0.717, 1.165) is 5.56 Å². The average molecular weight is 397 g/mol. The standard InChI is InChI=1S/C22H18ClFN2O2/c23-18-14-17(11-12-19(18)24)25-22(28)20(13-15-7-3-1-4-8-15)26-21(27)16-9-5-2-6-10-16/h1-12,14,20H,13H2,(H,25,28)(H,26,27)/t20-/m1/s1. The molecule has 28 heavy (non-hydrogen) atoms. The van der Waals surface area contributed by atoms with Crippen LogP contribution in [0.4, 0.5) is 10.1 Å². The van der Waals surface area contributed by atoms with Crippen molar-refractivity contribution in [1.29, 1.82) is 0 Å². The molecule has 0 saturated heterocycles. The predicted octanol–water partition coefficient (Wildman–Crippen LogP) is 4.46. The van der Waals surface area contributed by atoms with Crippen molar-refractivity contribution in [2.75, 3.05) is 5.32 Å². The molecule has 4 nitrogen and oxygen atoms in total. The van der Waals surface area contributed by atoms with Gasteiger partial charge < -0.3 is 10.6 Å². The smallest absolute Gasteiger partial charge is 0.251 e. The second-order valence-electron chi connectivity index (χ2n) is 6.20. The molecule has 0 unspecified atom stereocenters. The summed E-state index contributed by atoms with van der Waals surface area (Å²) < 4.78 is 13.3. The number of halogens is 2. The van der Waals surface area contributed by atoms with Crippen molar-refractivity contribution in [3.8, 4) is 0 Å². The summed E-state index contributed by atoms with van der Waals surface area (Å²) in [6.45, 7) is 0. The summed E-state index contributed by atoms with van der Waals surface area (Å²) in [6.07, 6.45) is 0.306. The Bertz CT molecular complexity index is 965. The van der Waals surface area contributed by atoms with Crippen molar-refractivity contribution >= 4 is 29.1 Å². The van der Waals surface area contributed by atoms with E-state index >= 15 is 0 Å². The van der Waals surface area contributed by atoms with Crippen molar-refractivity contribution in [3.63, 3.8) is 0 Å². The van der Waals surface area contributed by atoms with Gasteiger partial charge in [-0.3, -0.25) is 9.59 Å². The van der Waals surface area contributed by atoms with Crippen LogP contribution in [0.2, 0.25) is 5.02 Å². The summed E-state index contributed by atoms with van der Waals surface area (Å²) in [5.41, 5.74) is 1.70. The van der Waals surface area contributed by atoms with Crippen LogP contribution in [0, 0.1) is 5.82 Å². The highest BCUT2D eigenvalue weighted by Gasteiger charge is 2.22. The maximum absolute atomic E-state index is 13.3. The lowest BCUT2D eigenvalue weighted by molar-refractivity contribution is -0.118. The predicted molar refractivity (Wildman–Crippen MR) is 108 cm³/mol. The molecular formula is C22H18ClFN2O2. The molecule has 3 aromatic carbocycles. The Morgan fingerprint density at radius 2 is 1.57 bits per heavy atom. The summed E-state index contributed by atoms with van der Waals surface area (Å²) in [7, 11) is 0. The van der Waals surface area contributed by atoms with Gasteiger partial charge in [0.25, 0.3) is 5.91 Å². The maximum Gasteiger partial charge on any atom is 0.251 e. The quantitative estimate of drug-likeness (QED) is 0.646. The first-order valence-electron chi connectivity index (χ1n) is 8.68. The number of nitrogens with one attached hydrogen (secondary N) is 2. The largest absolute Gasteiger partial charge is 0.340 e. The van der Waals surface area contributed by atoms with E-state index in [2.05, 4.69) is 10.6 Å². The van der Waals surface area contributed by atoms with Gasteiger partial charge in [-0.2, -0.15) is 0 Å². The summed E-state index contributed by atoms with van der Waals surface area (Å²) in [4.78, 5) is 25.4. The number of benzene rings is 3. The fourth-order valence-electron chi connectivity index (χ4n) is 2.69. The molecule has 3 rings (SSSR count). The van der Waals surface area contributed by atoms with Gasteiger partial charge in [0.15, 0.2) is 0 Å². The van der Waals surface area contributed by atoms with Gasteiger partial charge in [-0.25, -0.2) is 4.39 Å². The maximum atomic E-state index is 13.3. The first kappa shape index (κ1) is 19.6. The molecule has 1 atom stereocenters. The molecule has 0 radical (unpaired) electrons. The lowest BCUT2D eigenvalue weighted by Crippen LogP contribution is -2.45.